The lowest BCUT2D eigenvalue weighted by atomic mass is 10.0. The lowest BCUT2D eigenvalue weighted by molar-refractivity contribution is 0.0907. The standard InChI is InChI=1S/C23H32N4O4S/c1-25(2)32(29,30)22-16-19(10-11-21(22)31-4)23(28)24-20(18-8-6-5-7-9-18)17-27-14-12-26(3)13-15-27/h5-11,16,20H,12-15,17H2,1-4H3,(H,24,28). The van der Waals surface area contributed by atoms with Gasteiger partial charge in [0.1, 0.15) is 10.6 Å². The van der Waals surface area contributed by atoms with Gasteiger partial charge in [-0.15, -0.1) is 0 Å². The number of hydrogen-bond acceptors (Lipinski definition) is 6. The van der Waals surface area contributed by atoms with Crippen LogP contribution < -0.4 is 10.1 Å². The normalized spacial score (nSPS) is 16.7. The molecule has 1 unspecified atom stereocenters. The summed E-state index contributed by atoms with van der Waals surface area (Å²) < 4.78 is 31.8. The van der Waals surface area contributed by atoms with Gasteiger partial charge in [0.15, 0.2) is 0 Å². The van der Waals surface area contributed by atoms with E-state index in [0.29, 0.717) is 6.54 Å². The number of benzene rings is 2. The van der Waals surface area contributed by atoms with Gasteiger partial charge in [-0.2, -0.15) is 0 Å². The van der Waals surface area contributed by atoms with Crippen LogP contribution in [0.5, 0.6) is 5.75 Å². The molecule has 1 atom stereocenters. The largest absolute Gasteiger partial charge is 0.495 e. The number of rotatable bonds is 8. The third kappa shape index (κ3) is 5.66. The predicted molar refractivity (Wildman–Crippen MR) is 124 cm³/mol. The molecule has 1 heterocycles. The highest BCUT2D eigenvalue weighted by Crippen LogP contribution is 2.27. The van der Waals surface area contributed by atoms with Gasteiger partial charge in [0, 0.05) is 52.4 Å². The first-order valence-electron chi connectivity index (χ1n) is 10.6. The Morgan fingerprint density at radius 1 is 1.09 bits per heavy atom. The van der Waals surface area contributed by atoms with Gasteiger partial charge >= 0.3 is 0 Å². The molecular weight excluding hydrogens is 428 g/mol. The van der Waals surface area contributed by atoms with Crippen LogP contribution in [0.15, 0.2) is 53.4 Å². The first kappa shape index (κ1) is 24.2. The van der Waals surface area contributed by atoms with E-state index in [2.05, 4.69) is 22.2 Å². The number of hydrogen-bond donors (Lipinski definition) is 1. The van der Waals surface area contributed by atoms with Crippen LogP contribution in [0.1, 0.15) is 22.0 Å². The molecule has 0 aromatic heterocycles. The van der Waals surface area contributed by atoms with Crippen molar-refractivity contribution in [2.45, 2.75) is 10.9 Å². The summed E-state index contributed by atoms with van der Waals surface area (Å²) in [6.07, 6.45) is 0. The molecule has 0 radical (unpaired) electrons. The minimum absolute atomic E-state index is 0.0343. The lowest BCUT2D eigenvalue weighted by Gasteiger charge is -2.35. The van der Waals surface area contributed by atoms with Crippen LogP contribution in [0.3, 0.4) is 0 Å². The molecule has 2 aromatic rings. The smallest absolute Gasteiger partial charge is 0.251 e. The highest BCUT2D eigenvalue weighted by molar-refractivity contribution is 7.89. The molecule has 0 aliphatic carbocycles. The lowest BCUT2D eigenvalue weighted by Crippen LogP contribution is -2.47. The Morgan fingerprint density at radius 3 is 2.34 bits per heavy atom. The first-order chi connectivity index (χ1) is 15.2. The van der Waals surface area contributed by atoms with Crippen LogP contribution in [0.2, 0.25) is 0 Å². The Kier molecular flexibility index (Phi) is 7.89. The Labute approximate surface area is 190 Å². The summed E-state index contributed by atoms with van der Waals surface area (Å²) in [5, 5.41) is 3.11. The highest BCUT2D eigenvalue weighted by Gasteiger charge is 2.26. The van der Waals surface area contributed by atoms with Gasteiger partial charge in [-0.25, -0.2) is 12.7 Å². The van der Waals surface area contributed by atoms with Gasteiger partial charge in [0.2, 0.25) is 10.0 Å². The first-order valence-corrected chi connectivity index (χ1v) is 12.0. The summed E-state index contributed by atoms with van der Waals surface area (Å²) in [4.78, 5) is 17.8. The zero-order valence-electron chi connectivity index (χ0n) is 19.1. The minimum atomic E-state index is -3.77. The molecule has 32 heavy (non-hydrogen) atoms. The molecule has 1 N–H and O–H groups in total. The molecule has 1 amide bonds. The molecule has 9 heteroatoms. The summed E-state index contributed by atoms with van der Waals surface area (Å²) >= 11 is 0. The number of carbonyl (C=O) groups is 1. The Bertz CT molecular complexity index is 1020. The van der Waals surface area contributed by atoms with Crippen molar-refractivity contribution >= 4 is 15.9 Å². The summed E-state index contributed by atoms with van der Waals surface area (Å²) in [5.74, 6) is -0.127. The van der Waals surface area contributed by atoms with E-state index in [1.54, 1.807) is 6.07 Å². The van der Waals surface area contributed by atoms with E-state index in [4.69, 9.17) is 4.74 Å². The molecule has 2 aromatic carbocycles. The van der Waals surface area contributed by atoms with Crippen LogP contribution in [-0.2, 0) is 10.0 Å². The van der Waals surface area contributed by atoms with Crippen molar-refractivity contribution in [1.82, 2.24) is 19.4 Å². The summed E-state index contributed by atoms with van der Waals surface area (Å²) in [6, 6.07) is 14.1. The van der Waals surface area contributed by atoms with Crippen molar-refractivity contribution in [3.8, 4) is 5.75 Å². The van der Waals surface area contributed by atoms with Crippen molar-refractivity contribution in [2.24, 2.45) is 0 Å². The highest BCUT2D eigenvalue weighted by atomic mass is 32.2. The minimum Gasteiger partial charge on any atom is -0.495 e. The van der Waals surface area contributed by atoms with Gasteiger partial charge in [0.25, 0.3) is 5.91 Å². The van der Waals surface area contributed by atoms with Gasteiger partial charge in [-0.1, -0.05) is 30.3 Å². The number of nitrogens with one attached hydrogen (secondary N) is 1. The van der Waals surface area contributed by atoms with Crippen LogP contribution in [-0.4, -0.2) is 89.4 Å². The van der Waals surface area contributed by atoms with E-state index in [9.17, 15) is 13.2 Å². The molecule has 0 saturated carbocycles. The van der Waals surface area contributed by atoms with Crippen molar-refractivity contribution in [2.75, 3.05) is 61.0 Å². The van der Waals surface area contributed by atoms with Crippen LogP contribution in [0.4, 0.5) is 0 Å². The second-order valence-electron chi connectivity index (χ2n) is 8.19. The number of likely N-dealkylation sites (N-methyl/N-ethyl adjacent to an activating group) is 1. The molecule has 0 spiro atoms. The maximum atomic E-state index is 13.2. The number of methoxy groups -OCH3 is 1. The summed E-state index contributed by atoms with van der Waals surface area (Å²) in [5.41, 5.74) is 1.28. The zero-order chi connectivity index (χ0) is 23.3. The van der Waals surface area contributed by atoms with Crippen molar-refractivity contribution in [3.63, 3.8) is 0 Å². The Morgan fingerprint density at radius 2 is 1.75 bits per heavy atom. The molecular formula is C23H32N4O4S. The van der Waals surface area contributed by atoms with E-state index in [1.807, 2.05) is 30.3 Å². The second-order valence-corrected chi connectivity index (χ2v) is 10.3. The van der Waals surface area contributed by atoms with Gasteiger partial charge in [-0.05, 0) is 30.8 Å². The second kappa shape index (κ2) is 10.4. The van der Waals surface area contributed by atoms with E-state index >= 15 is 0 Å². The van der Waals surface area contributed by atoms with Crippen molar-refractivity contribution in [3.05, 3.63) is 59.7 Å². The third-order valence-electron chi connectivity index (χ3n) is 5.73. The summed E-state index contributed by atoms with van der Waals surface area (Å²) in [6.45, 7) is 4.52. The fourth-order valence-corrected chi connectivity index (χ4v) is 4.74. The topological polar surface area (TPSA) is 82.2 Å². The molecule has 174 valence electrons. The number of ether oxygens (including phenoxy) is 1. The van der Waals surface area contributed by atoms with E-state index in [-0.39, 0.29) is 28.2 Å². The van der Waals surface area contributed by atoms with Gasteiger partial charge in [0.05, 0.1) is 13.2 Å². The average molecular weight is 461 g/mol. The molecule has 3 rings (SSSR count). The maximum Gasteiger partial charge on any atom is 0.251 e. The molecule has 1 aliphatic heterocycles. The van der Waals surface area contributed by atoms with Gasteiger partial charge in [-0.3, -0.25) is 9.69 Å². The van der Waals surface area contributed by atoms with Crippen molar-refractivity contribution < 1.29 is 17.9 Å². The number of piperazine rings is 1. The average Bonchev–Trinajstić information content (AvgIpc) is 2.80. The van der Waals surface area contributed by atoms with E-state index in [1.165, 1.54) is 33.3 Å². The SMILES string of the molecule is COc1ccc(C(=O)NC(CN2CCN(C)CC2)c2ccccc2)cc1S(=O)(=O)N(C)C. The molecule has 1 fully saturated rings. The Balaban J connectivity index is 1.86. The predicted octanol–water partition coefficient (Wildman–Crippen LogP) is 1.66. The third-order valence-corrected chi connectivity index (χ3v) is 7.56. The number of sulfonamides is 1. The van der Waals surface area contributed by atoms with E-state index in [0.717, 1.165) is 36.0 Å². The van der Waals surface area contributed by atoms with Gasteiger partial charge < -0.3 is 15.0 Å². The fourth-order valence-electron chi connectivity index (χ4n) is 3.67. The molecule has 1 aliphatic rings. The maximum absolute atomic E-state index is 13.2. The van der Waals surface area contributed by atoms with Crippen LogP contribution in [0.25, 0.3) is 0 Å². The molecule has 0 bridgehead atoms. The summed E-state index contributed by atoms with van der Waals surface area (Å²) in [7, 11) is 2.64. The number of nitrogens with zero attached hydrogens (tertiary/aromatic N) is 3. The van der Waals surface area contributed by atoms with Crippen molar-refractivity contribution in [1.29, 1.82) is 0 Å². The number of amides is 1. The van der Waals surface area contributed by atoms with Crippen LogP contribution in [0, 0.1) is 0 Å². The molecule has 8 nitrogen and oxygen atoms in total. The number of carbonyl (C=O) groups excluding carboxylic acids is 1. The van der Waals surface area contributed by atoms with Crippen LogP contribution >= 0.6 is 0 Å². The zero-order valence-corrected chi connectivity index (χ0v) is 19.9. The van der Waals surface area contributed by atoms with E-state index < -0.39 is 10.0 Å². The monoisotopic (exact) mass is 460 g/mol. The fraction of sp³-hybridized carbons (Fsp3) is 0.435. The molecule has 1 saturated heterocycles. The quantitative estimate of drug-likeness (QED) is 0.645. The Hall–Kier alpha value is -2.46.